The third-order valence-electron chi connectivity index (χ3n) is 4.33. The van der Waals surface area contributed by atoms with E-state index in [2.05, 4.69) is 5.32 Å². The Balaban J connectivity index is 1.79. The molecule has 1 aromatic rings. The molecule has 7 heteroatoms. The highest BCUT2D eigenvalue weighted by molar-refractivity contribution is 5.62. The topological polar surface area (TPSA) is 114 Å². The molecule has 0 amide bonds. The molecule has 3 N–H and O–H groups in total. The lowest BCUT2D eigenvalue weighted by Crippen LogP contribution is -2.69. The van der Waals surface area contributed by atoms with Gasteiger partial charge in [0.05, 0.1) is 28.3 Å². The average Bonchev–Trinajstić information content (AvgIpc) is 2.51. The second kappa shape index (κ2) is 5.31. The van der Waals surface area contributed by atoms with Crippen molar-refractivity contribution in [3.63, 3.8) is 0 Å². The Morgan fingerprint density at radius 2 is 2.33 bits per heavy atom. The van der Waals surface area contributed by atoms with Crippen molar-refractivity contribution in [3.8, 4) is 6.07 Å². The minimum Gasteiger partial charge on any atom is -0.377 e. The van der Waals surface area contributed by atoms with E-state index in [1.165, 1.54) is 12.1 Å². The smallest absolute Gasteiger partial charge is 0.270 e. The van der Waals surface area contributed by atoms with Gasteiger partial charge in [0.15, 0.2) is 0 Å². The number of ether oxygens (including phenoxy) is 1. The van der Waals surface area contributed by atoms with Gasteiger partial charge in [-0.2, -0.15) is 5.26 Å². The molecule has 1 aliphatic carbocycles. The van der Waals surface area contributed by atoms with Crippen LogP contribution in [0.3, 0.4) is 0 Å². The Kier molecular flexibility index (Phi) is 3.49. The zero-order valence-electron chi connectivity index (χ0n) is 11.4. The molecule has 3 rings (SSSR count). The number of nitrogens with two attached hydrogens (primary N) is 1. The van der Waals surface area contributed by atoms with E-state index in [9.17, 15) is 10.1 Å². The number of hydrogen-bond acceptors (Lipinski definition) is 6. The predicted molar refractivity (Wildman–Crippen MR) is 75.7 cm³/mol. The fourth-order valence-corrected chi connectivity index (χ4v) is 3.17. The quantitative estimate of drug-likeness (QED) is 0.641. The van der Waals surface area contributed by atoms with E-state index >= 15 is 0 Å². The van der Waals surface area contributed by atoms with Crippen molar-refractivity contribution in [2.75, 3.05) is 11.9 Å². The van der Waals surface area contributed by atoms with Gasteiger partial charge in [0.2, 0.25) is 0 Å². The fourth-order valence-electron chi connectivity index (χ4n) is 3.17. The summed E-state index contributed by atoms with van der Waals surface area (Å²) in [7, 11) is 0. The van der Waals surface area contributed by atoms with Crippen LogP contribution in [0.25, 0.3) is 0 Å². The minimum atomic E-state index is -0.514. The predicted octanol–water partition coefficient (Wildman–Crippen LogP) is 1.38. The van der Waals surface area contributed by atoms with Crippen molar-refractivity contribution < 1.29 is 9.66 Å². The van der Waals surface area contributed by atoms with Crippen LogP contribution in [-0.2, 0) is 4.74 Å². The summed E-state index contributed by atoms with van der Waals surface area (Å²) in [5.41, 5.74) is 6.88. The van der Waals surface area contributed by atoms with Crippen LogP contribution in [0.2, 0.25) is 0 Å². The molecule has 2 aliphatic rings. The van der Waals surface area contributed by atoms with Crippen LogP contribution < -0.4 is 11.1 Å². The van der Waals surface area contributed by atoms with E-state index in [0.29, 0.717) is 11.6 Å². The van der Waals surface area contributed by atoms with Crippen molar-refractivity contribution in [2.45, 2.75) is 31.0 Å². The molecule has 0 bridgehead atoms. The van der Waals surface area contributed by atoms with Crippen molar-refractivity contribution in [2.24, 2.45) is 11.7 Å². The first-order valence-electron chi connectivity index (χ1n) is 6.94. The zero-order chi connectivity index (χ0) is 15.0. The molecule has 1 aliphatic heterocycles. The highest BCUT2D eigenvalue weighted by Crippen LogP contribution is 2.39. The number of nitriles is 1. The number of non-ortho nitro benzene ring substituents is 1. The molecule has 0 spiro atoms. The Morgan fingerprint density at radius 3 is 3.05 bits per heavy atom. The van der Waals surface area contributed by atoms with Crippen molar-refractivity contribution in [3.05, 3.63) is 33.9 Å². The van der Waals surface area contributed by atoms with E-state index in [4.69, 9.17) is 15.7 Å². The third kappa shape index (κ3) is 2.33. The molecule has 1 saturated carbocycles. The monoisotopic (exact) mass is 288 g/mol. The number of rotatable bonds is 3. The molecular formula is C14H16N4O3. The van der Waals surface area contributed by atoms with Crippen molar-refractivity contribution in [1.29, 1.82) is 5.26 Å². The largest absolute Gasteiger partial charge is 0.377 e. The number of benzene rings is 1. The number of nitrogens with zero attached hydrogens (tertiary/aromatic N) is 2. The molecular weight excluding hydrogens is 272 g/mol. The SMILES string of the molecule is N#Cc1cc([N+](=O)[O-])ccc1NC1C(N)C2CCCOC21. The summed E-state index contributed by atoms with van der Waals surface area (Å²) in [6.07, 6.45) is 2.16. The zero-order valence-corrected chi connectivity index (χ0v) is 11.4. The summed E-state index contributed by atoms with van der Waals surface area (Å²) in [6.45, 7) is 0.734. The van der Waals surface area contributed by atoms with Gasteiger partial charge in [-0.05, 0) is 18.9 Å². The number of nitrogens with one attached hydrogen (secondary N) is 1. The summed E-state index contributed by atoms with van der Waals surface area (Å²) in [4.78, 5) is 10.2. The molecule has 2 fully saturated rings. The lowest BCUT2D eigenvalue weighted by atomic mass is 9.68. The van der Waals surface area contributed by atoms with E-state index in [1.54, 1.807) is 6.07 Å². The molecule has 4 unspecified atom stereocenters. The Morgan fingerprint density at radius 1 is 1.52 bits per heavy atom. The number of hydrogen-bond donors (Lipinski definition) is 2. The maximum Gasteiger partial charge on any atom is 0.270 e. The van der Waals surface area contributed by atoms with Gasteiger partial charge in [-0.25, -0.2) is 0 Å². The van der Waals surface area contributed by atoms with Crippen LogP contribution in [0.5, 0.6) is 0 Å². The molecule has 1 saturated heterocycles. The van der Waals surface area contributed by atoms with Crippen molar-refractivity contribution >= 4 is 11.4 Å². The number of fused-ring (bicyclic) bond motifs is 1. The molecule has 4 atom stereocenters. The number of nitro benzene ring substituents is 1. The van der Waals surface area contributed by atoms with E-state index < -0.39 is 4.92 Å². The molecule has 0 radical (unpaired) electrons. The van der Waals surface area contributed by atoms with Gasteiger partial charge in [-0.15, -0.1) is 0 Å². The molecule has 21 heavy (non-hydrogen) atoms. The Labute approximate surface area is 121 Å². The molecule has 1 aromatic carbocycles. The lowest BCUT2D eigenvalue weighted by Gasteiger charge is -2.52. The third-order valence-corrected chi connectivity index (χ3v) is 4.33. The maximum atomic E-state index is 10.7. The first kappa shape index (κ1) is 13.8. The van der Waals surface area contributed by atoms with Gasteiger partial charge in [-0.3, -0.25) is 10.1 Å². The number of nitro groups is 1. The summed E-state index contributed by atoms with van der Waals surface area (Å²) in [6, 6.07) is 6.12. The summed E-state index contributed by atoms with van der Waals surface area (Å²) in [5.74, 6) is 0.361. The van der Waals surface area contributed by atoms with Crippen LogP contribution in [0.15, 0.2) is 18.2 Å². The van der Waals surface area contributed by atoms with Gasteiger partial charge in [0, 0.05) is 30.7 Å². The molecule has 7 nitrogen and oxygen atoms in total. The van der Waals surface area contributed by atoms with Crippen LogP contribution in [0, 0.1) is 27.4 Å². The maximum absolute atomic E-state index is 10.7. The van der Waals surface area contributed by atoms with Crippen LogP contribution in [0.4, 0.5) is 11.4 Å². The minimum absolute atomic E-state index is 0.0166. The molecule has 0 aromatic heterocycles. The van der Waals surface area contributed by atoms with Gasteiger partial charge in [-0.1, -0.05) is 0 Å². The fraction of sp³-hybridized carbons (Fsp3) is 0.500. The second-order valence-electron chi connectivity index (χ2n) is 5.49. The van der Waals surface area contributed by atoms with Gasteiger partial charge < -0.3 is 15.8 Å². The average molecular weight is 288 g/mol. The Bertz CT molecular complexity index is 613. The van der Waals surface area contributed by atoms with Gasteiger partial charge >= 0.3 is 0 Å². The van der Waals surface area contributed by atoms with E-state index in [0.717, 1.165) is 19.4 Å². The Hall–Kier alpha value is -2.17. The van der Waals surface area contributed by atoms with E-state index in [1.807, 2.05) is 6.07 Å². The van der Waals surface area contributed by atoms with Gasteiger partial charge in [0.25, 0.3) is 5.69 Å². The molecule has 110 valence electrons. The van der Waals surface area contributed by atoms with Crippen molar-refractivity contribution in [1.82, 2.24) is 0 Å². The normalized spacial score (nSPS) is 30.7. The van der Waals surface area contributed by atoms with Crippen LogP contribution >= 0.6 is 0 Å². The first-order chi connectivity index (χ1) is 10.1. The highest BCUT2D eigenvalue weighted by Gasteiger charge is 2.50. The highest BCUT2D eigenvalue weighted by atomic mass is 16.6. The van der Waals surface area contributed by atoms with Gasteiger partial charge in [0.1, 0.15) is 6.07 Å². The summed E-state index contributed by atoms with van der Waals surface area (Å²) >= 11 is 0. The summed E-state index contributed by atoms with van der Waals surface area (Å²) < 4.78 is 5.73. The van der Waals surface area contributed by atoms with Crippen LogP contribution in [0.1, 0.15) is 18.4 Å². The van der Waals surface area contributed by atoms with Crippen LogP contribution in [-0.4, -0.2) is 29.7 Å². The summed E-state index contributed by atoms with van der Waals surface area (Å²) in [5, 5.41) is 23.1. The number of anilines is 1. The molecule has 1 heterocycles. The standard InChI is InChI=1S/C14H16N4O3/c15-7-8-6-9(18(19)20)3-4-11(8)17-13-12(16)10-2-1-5-21-14(10)13/h3-4,6,10,12-14,17H,1-2,5,16H2. The second-order valence-corrected chi connectivity index (χ2v) is 5.49. The van der Waals surface area contributed by atoms with E-state index in [-0.39, 0.29) is 29.4 Å². The first-order valence-corrected chi connectivity index (χ1v) is 6.94. The lowest BCUT2D eigenvalue weighted by molar-refractivity contribution is -0.384.